The molecule has 10 heteroatoms. The Hall–Kier alpha value is -1.68. The number of anilines is 1. The SMILES string of the molecule is CC(C)(C)[Si](C)(C)OCCn1ccc(NC(=O)C(CC2CCCC2)c2ccc(S(C)(=O)=O)c(Cl)c2)n1. The van der Waals surface area contributed by atoms with E-state index < -0.39 is 24.1 Å². The number of benzene rings is 1. The van der Waals surface area contributed by atoms with E-state index in [1.54, 1.807) is 22.9 Å². The second kappa shape index (κ2) is 11.4. The predicted octanol–water partition coefficient (Wildman–Crippen LogP) is 6.26. The van der Waals surface area contributed by atoms with Crippen molar-refractivity contribution in [1.29, 1.82) is 0 Å². The first-order chi connectivity index (χ1) is 16.7. The highest BCUT2D eigenvalue weighted by Crippen LogP contribution is 2.37. The van der Waals surface area contributed by atoms with Gasteiger partial charge in [0.15, 0.2) is 24.0 Å². The first-order valence-corrected chi connectivity index (χ1v) is 17.8. The quantitative estimate of drug-likeness (QED) is 0.350. The van der Waals surface area contributed by atoms with E-state index in [1.165, 1.54) is 18.9 Å². The number of aromatic nitrogens is 2. The van der Waals surface area contributed by atoms with Gasteiger partial charge in [-0.15, -0.1) is 0 Å². The van der Waals surface area contributed by atoms with E-state index in [0.29, 0.717) is 31.3 Å². The lowest BCUT2D eigenvalue weighted by Crippen LogP contribution is -2.41. The standard InChI is InChI=1S/C26H40ClN3O4SSi/c1-26(2,3)36(5,6)34-16-15-30-14-13-24(29-30)28-25(31)21(17-19-9-7-8-10-19)20-11-12-23(22(27)18-20)35(4,32)33/h11-14,18-19,21H,7-10,15-17H2,1-6H3,(H,28,29,31). The van der Waals surface area contributed by atoms with Crippen molar-refractivity contribution in [3.05, 3.63) is 41.0 Å². The molecule has 1 saturated carbocycles. The third kappa shape index (κ3) is 7.43. The highest BCUT2D eigenvalue weighted by atomic mass is 35.5. The number of hydrogen-bond donors (Lipinski definition) is 1. The molecule has 1 amide bonds. The highest BCUT2D eigenvalue weighted by molar-refractivity contribution is 7.90. The summed E-state index contributed by atoms with van der Waals surface area (Å²) in [6.45, 7) is 12.3. The van der Waals surface area contributed by atoms with Crippen LogP contribution in [-0.4, -0.2) is 45.3 Å². The van der Waals surface area contributed by atoms with Gasteiger partial charge in [0.05, 0.1) is 29.0 Å². The molecule has 1 unspecified atom stereocenters. The number of nitrogens with one attached hydrogen (secondary N) is 1. The van der Waals surface area contributed by atoms with Crippen molar-refractivity contribution in [3.8, 4) is 0 Å². The Bertz CT molecular complexity index is 1170. The summed E-state index contributed by atoms with van der Waals surface area (Å²) in [6.07, 6.45) is 8.21. The number of rotatable bonds is 10. The smallest absolute Gasteiger partial charge is 0.233 e. The van der Waals surface area contributed by atoms with E-state index in [0.717, 1.165) is 24.7 Å². The van der Waals surface area contributed by atoms with Crippen molar-refractivity contribution < 1.29 is 17.6 Å². The molecule has 36 heavy (non-hydrogen) atoms. The zero-order valence-electron chi connectivity index (χ0n) is 22.3. The first-order valence-electron chi connectivity index (χ1n) is 12.7. The zero-order chi connectivity index (χ0) is 26.7. The summed E-state index contributed by atoms with van der Waals surface area (Å²) in [6, 6.07) is 6.61. The minimum absolute atomic E-state index is 0.0756. The molecule has 7 nitrogen and oxygen atoms in total. The van der Waals surface area contributed by atoms with Crippen LogP contribution in [0.1, 0.15) is 64.4 Å². The largest absolute Gasteiger partial charge is 0.415 e. The van der Waals surface area contributed by atoms with Crippen LogP contribution in [0.5, 0.6) is 0 Å². The van der Waals surface area contributed by atoms with Gasteiger partial charge in [-0.2, -0.15) is 5.10 Å². The molecule has 3 rings (SSSR count). The lowest BCUT2D eigenvalue weighted by Gasteiger charge is -2.36. The van der Waals surface area contributed by atoms with Crippen molar-refractivity contribution in [2.24, 2.45) is 5.92 Å². The van der Waals surface area contributed by atoms with Crippen molar-refractivity contribution in [2.45, 2.75) is 88.4 Å². The third-order valence-corrected chi connectivity index (χ3v) is 13.7. The van der Waals surface area contributed by atoms with Crippen LogP contribution in [-0.2, 0) is 25.6 Å². The van der Waals surface area contributed by atoms with Gasteiger partial charge in [0.1, 0.15) is 0 Å². The van der Waals surface area contributed by atoms with Gasteiger partial charge in [0.25, 0.3) is 0 Å². The van der Waals surface area contributed by atoms with E-state index in [2.05, 4.69) is 44.3 Å². The molecular weight excluding hydrogens is 514 g/mol. The Morgan fingerprint density at radius 2 is 1.92 bits per heavy atom. The summed E-state index contributed by atoms with van der Waals surface area (Å²) in [5.74, 6) is 0.348. The molecule has 1 aliphatic carbocycles. The average molecular weight is 554 g/mol. The first kappa shape index (κ1) is 28.9. The van der Waals surface area contributed by atoms with E-state index in [1.807, 2.05) is 6.20 Å². The van der Waals surface area contributed by atoms with E-state index in [9.17, 15) is 13.2 Å². The monoisotopic (exact) mass is 553 g/mol. The maximum Gasteiger partial charge on any atom is 0.233 e. The van der Waals surface area contributed by atoms with Crippen LogP contribution in [0.3, 0.4) is 0 Å². The molecule has 2 aromatic rings. The maximum absolute atomic E-state index is 13.4. The predicted molar refractivity (Wildman–Crippen MR) is 148 cm³/mol. The molecule has 1 heterocycles. The van der Waals surface area contributed by atoms with Gasteiger partial charge < -0.3 is 9.74 Å². The van der Waals surface area contributed by atoms with E-state index in [-0.39, 0.29) is 20.9 Å². The van der Waals surface area contributed by atoms with Gasteiger partial charge in [-0.3, -0.25) is 9.48 Å². The van der Waals surface area contributed by atoms with Gasteiger partial charge in [-0.05, 0) is 48.2 Å². The topological polar surface area (TPSA) is 90.3 Å². The Morgan fingerprint density at radius 1 is 1.25 bits per heavy atom. The number of carbonyl (C=O) groups is 1. The van der Waals surface area contributed by atoms with Gasteiger partial charge in [-0.1, -0.05) is 64.1 Å². The number of nitrogens with zero attached hydrogens (tertiary/aromatic N) is 2. The normalized spacial score (nSPS) is 16.3. The number of sulfone groups is 1. The van der Waals surface area contributed by atoms with Crippen molar-refractivity contribution in [1.82, 2.24) is 9.78 Å². The minimum Gasteiger partial charge on any atom is -0.415 e. The fraction of sp³-hybridized carbons (Fsp3) is 0.615. The van der Waals surface area contributed by atoms with Crippen molar-refractivity contribution in [3.63, 3.8) is 0 Å². The fourth-order valence-corrected chi connectivity index (χ4v) is 6.76. The summed E-state index contributed by atoms with van der Waals surface area (Å²) in [5.41, 5.74) is 0.721. The lowest BCUT2D eigenvalue weighted by atomic mass is 9.87. The second-order valence-corrected chi connectivity index (χ2v) is 18.7. The Labute approximate surface area is 222 Å². The van der Waals surface area contributed by atoms with Crippen molar-refractivity contribution in [2.75, 3.05) is 18.2 Å². The van der Waals surface area contributed by atoms with Gasteiger partial charge in [-0.25, -0.2) is 8.42 Å². The van der Waals surface area contributed by atoms with E-state index in [4.69, 9.17) is 16.0 Å². The number of halogens is 1. The number of amides is 1. The molecular formula is C26H40ClN3O4SSi. The second-order valence-electron chi connectivity index (χ2n) is 11.5. The molecule has 0 saturated heterocycles. The molecule has 1 fully saturated rings. The third-order valence-electron chi connectivity index (χ3n) is 7.60. The number of hydrogen-bond acceptors (Lipinski definition) is 5. The van der Waals surface area contributed by atoms with Gasteiger partial charge in [0, 0.05) is 18.5 Å². The summed E-state index contributed by atoms with van der Waals surface area (Å²) in [5, 5.41) is 7.77. The summed E-state index contributed by atoms with van der Waals surface area (Å²) in [7, 11) is -5.27. The average Bonchev–Trinajstić information content (AvgIpc) is 3.42. The molecule has 0 bridgehead atoms. The van der Waals surface area contributed by atoms with Crippen LogP contribution < -0.4 is 5.32 Å². The van der Waals surface area contributed by atoms with Crippen LogP contribution in [0.15, 0.2) is 35.4 Å². The Kier molecular flexibility index (Phi) is 9.12. The molecule has 1 aromatic heterocycles. The van der Waals surface area contributed by atoms with Gasteiger partial charge >= 0.3 is 0 Å². The lowest BCUT2D eigenvalue weighted by molar-refractivity contribution is -0.118. The van der Waals surface area contributed by atoms with Crippen molar-refractivity contribution >= 4 is 41.5 Å². The Morgan fingerprint density at radius 3 is 2.50 bits per heavy atom. The molecule has 0 spiro atoms. The fourth-order valence-electron chi connectivity index (χ4n) is 4.39. The molecule has 0 radical (unpaired) electrons. The molecule has 0 aliphatic heterocycles. The number of carbonyl (C=O) groups excluding carboxylic acids is 1. The molecule has 1 aliphatic rings. The summed E-state index contributed by atoms with van der Waals surface area (Å²) in [4.78, 5) is 13.5. The van der Waals surface area contributed by atoms with Crippen LogP contribution >= 0.6 is 11.6 Å². The summed E-state index contributed by atoms with van der Waals surface area (Å²) >= 11 is 6.32. The highest BCUT2D eigenvalue weighted by Gasteiger charge is 2.37. The molecule has 1 N–H and O–H groups in total. The van der Waals surface area contributed by atoms with Crippen LogP contribution in [0.4, 0.5) is 5.82 Å². The van der Waals surface area contributed by atoms with E-state index >= 15 is 0 Å². The van der Waals surface area contributed by atoms with Gasteiger partial charge in [0.2, 0.25) is 5.91 Å². The molecule has 1 aromatic carbocycles. The molecule has 200 valence electrons. The minimum atomic E-state index is -3.44. The summed E-state index contributed by atoms with van der Waals surface area (Å²) < 4.78 is 32.0. The maximum atomic E-state index is 13.4. The van der Waals surface area contributed by atoms with Crippen LogP contribution in [0.2, 0.25) is 23.2 Å². The van der Waals surface area contributed by atoms with Crippen LogP contribution in [0.25, 0.3) is 0 Å². The zero-order valence-corrected chi connectivity index (χ0v) is 24.9. The molecule has 1 atom stereocenters. The van der Waals surface area contributed by atoms with Crippen LogP contribution in [0, 0.1) is 5.92 Å². The Balaban J connectivity index is 1.71.